The topological polar surface area (TPSA) is 237 Å². The highest BCUT2D eigenvalue weighted by molar-refractivity contribution is 7.47. The summed E-state index contributed by atoms with van der Waals surface area (Å²) < 4.78 is 67.3. The number of esters is 4. The Bertz CT molecular complexity index is 1450. The summed E-state index contributed by atoms with van der Waals surface area (Å²) in [6.45, 7) is 6.94. The van der Waals surface area contributed by atoms with Crippen molar-refractivity contribution in [1.82, 2.24) is 0 Å². The molecule has 0 fully saturated rings. The van der Waals surface area contributed by atoms with Crippen LogP contribution in [0.4, 0.5) is 0 Å². The quantitative estimate of drug-likeness (QED) is 0.0222. The molecule has 0 heterocycles. The first-order valence-corrected chi connectivity index (χ1v) is 31.7. The molecule has 6 atom stereocenters. The van der Waals surface area contributed by atoms with Gasteiger partial charge in [-0.2, -0.15) is 0 Å². The standard InChI is InChI=1S/C54H104O17P2/c1-6-10-13-16-18-20-21-23-28-33-38-52(57)65-44-50(71-54(59)40-35-30-25-24-27-31-36-47(5)9-4)46-69-73(62,63)67-42-48(55)41-66-72(60,61)68-45-49(43-64-51(56)37-32-26-15-12-8-3)70-53(58)39-34-29-22-19-17-14-11-7-2/h47-50,55H,6-46H2,1-5H3,(H,60,61)(H,62,63)/t47?,48-,49+,50+/m0/s1. The van der Waals surface area contributed by atoms with Crippen LogP contribution in [-0.4, -0.2) is 96.7 Å². The highest BCUT2D eigenvalue weighted by Gasteiger charge is 2.30. The average Bonchev–Trinajstić information content (AvgIpc) is 3.36. The van der Waals surface area contributed by atoms with Crippen LogP contribution in [0.3, 0.4) is 0 Å². The summed E-state index contributed by atoms with van der Waals surface area (Å²) in [6.07, 6.45) is 28.4. The third-order valence-corrected chi connectivity index (χ3v) is 14.5. The fraction of sp³-hybridized carbons (Fsp3) is 0.926. The fourth-order valence-electron chi connectivity index (χ4n) is 7.78. The molecule has 0 saturated heterocycles. The van der Waals surface area contributed by atoms with Gasteiger partial charge in [-0.25, -0.2) is 9.13 Å². The molecule has 0 aromatic heterocycles. The van der Waals surface area contributed by atoms with Gasteiger partial charge in [-0.15, -0.1) is 0 Å². The number of aliphatic hydroxyl groups is 1. The number of rotatable bonds is 54. The van der Waals surface area contributed by atoms with E-state index in [-0.39, 0.29) is 25.7 Å². The number of phosphoric ester groups is 2. The number of aliphatic hydroxyl groups excluding tert-OH is 1. The second kappa shape index (κ2) is 48.4. The van der Waals surface area contributed by atoms with Gasteiger partial charge in [0.2, 0.25) is 0 Å². The zero-order valence-corrected chi connectivity index (χ0v) is 48.0. The summed E-state index contributed by atoms with van der Waals surface area (Å²) >= 11 is 0. The van der Waals surface area contributed by atoms with Gasteiger partial charge in [0.25, 0.3) is 0 Å². The number of hydrogen-bond donors (Lipinski definition) is 3. The van der Waals surface area contributed by atoms with E-state index < -0.39 is 97.5 Å². The summed E-state index contributed by atoms with van der Waals surface area (Å²) in [4.78, 5) is 71.4. The van der Waals surface area contributed by atoms with E-state index in [9.17, 15) is 43.2 Å². The molecule has 0 aromatic rings. The molecule has 0 saturated carbocycles. The van der Waals surface area contributed by atoms with Crippen LogP contribution in [0.15, 0.2) is 0 Å². The molecule has 0 aliphatic carbocycles. The van der Waals surface area contributed by atoms with Crippen LogP contribution >= 0.6 is 15.6 Å². The first-order chi connectivity index (χ1) is 35.1. The number of carbonyl (C=O) groups excluding carboxylic acids is 4. The molecule has 0 rings (SSSR count). The van der Waals surface area contributed by atoms with E-state index in [4.69, 9.17) is 37.0 Å². The molecule has 0 aromatic carbocycles. The van der Waals surface area contributed by atoms with E-state index >= 15 is 0 Å². The Morgan fingerprint density at radius 3 is 0.973 bits per heavy atom. The summed E-state index contributed by atoms with van der Waals surface area (Å²) in [5.41, 5.74) is 0. The number of carbonyl (C=O) groups is 4. The lowest BCUT2D eigenvalue weighted by Gasteiger charge is -2.21. The molecule has 0 aliphatic heterocycles. The van der Waals surface area contributed by atoms with Crippen molar-refractivity contribution < 1.29 is 80.2 Å². The fourth-order valence-corrected chi connectivity index (χ4v) is 9.36. The Labute approximate surface area is 441 Å². The number of ether oxygens (including phenoxy) is 4. The molecule has 17 nitrogen and oxygen atoms in total. The van der Waals surface area contributed by atoms with Gasteiger partial charge in [0, 0.05) is 25.7 Å². The minimum atomic E-state index is -4.93. The maximum Gasteiger partial charge on any atom is 0.472 e. The lowest BCUT2D eigenvalue weighted by atomic mass is 10.00. The van der Waals surface area contributed by atoms with Crippen LogP contribution in [0.25, 0.3) is 0 Å². The van der Waals surface area contributed by atoms with Gasteiger partial charge in [0.1, 0.15) is 19.3 Å². The monoisotopic (exact) mass is 1090 g/mol. The predicted octanol–water partition coefficient (Wildman–Crippen LogP) is 13.9. The van der Waals surface area contributed by atoms with Gasteiger partial charge in [0.15, 0.2) is 12.2 Å². The summed E-state index contributed by atoms with van der Waals surface area (Å²) in [5, 5.41) is 10.4. The largest absolute Gasteiger partial charge is 0.472 e. The van der Waals surface area contributed by atoms with E-state index in [0.717, 1.165) is 109 Å². The third kappa shape index (κ3) is 48.2. The highest BCUT2D eigenvalue weighted by atomic mass is 31.2. The van der Waals surface area contributed by atoms with Crippen LogP contribution in [-0.2, 0) is 65.4 Å². The second-order valence-corrected chi connectivity index (χ2v) is 22.8. The van der Waals surface area contributed by atoms with Crippen molar-refractivity contribution in [3.63, 3.8) is 0 Å². The molecule has 0 bridgehead atoms. The lowest BCUT2D eigenvalue weighted by Crippen LogP contribution is -2.30. The maximum absolute atomic E-state index is 12.9. The number of unbranched alkanes of at least 4 members (excludes halogenated alkanes) is 25. The van der Waals surface area contributed by atoms with Crippen LogP contribution in [0.5, 0.6) is 0 Å². The lowest BCUT2D eigenvalue weighted by molar-refractivity contribution is -0.161. The van der Waals surface area contributed by atoms with Crippen molar-refractivity contribution in [1.29, 1.82) is 0 Å². The summed E-state index contributed by atoms with van der Waals surface area (Å²) in [7, 11) is -9.85. The molecule has 73 heavy (non-hydrogen) atoms. The van der Waals surface area contributed by atoms with E-state index in [1.165, 1.54) is 70.6 Å². The molecular weight excluding hydrogens is 983 g/mol. The van der Waals surface area contributed by atoms with Gasteiger partial charge < -0.3 is 33.8 Å². The predicted molar refractivity (Wildman–Crippen MR) is 285 cm³/mol. The van der Waals surface area contributed by atoms with Gasteiger partial charge in [-0.1, -0.05) is 208 Å². The maximum atomic E-state index is 12.9. The highest BCUT2D eigenvalue weighted by Crippen LogP contribution is 2.45. The zero-order chi connectivity index (χ0) is 54.3. The Kier molecular flexibility index (Phi) is 47.1. The Hall–Kier alpha value is -1.94. The second-order valence-electron chi connectivity index (χ2n) is 19.9. The van der Waals surface area contributed by atoms with E-state index in [1.807, 2.05) is 0 Å². The zero-order valence-electron chi connectivity index (χ0n) is 46.3. The third-order valence-electron chi connectivity index (χ3n) is 12.6. The number of hydrogen-bond acceptors (Lipinski definition) is 15. The van der Waals surface area contributed by atoms with Crippen molar-refractivity contribution in [3.8, 4) is 0 Å². The van der Waals surface area contributed by atoms with Crippen molar-refractivity contribution >= 4 is 39.5 Å². The molecule has 432 valence electrons. The van der Waals surface area contributed by atoms with Crippen LogP contribution in [0, 0.1) is 5.92 Å². The van der Waals surface area contributed by atoms with Crippen molar-refractivity contribution in [2.75, 3.05) is 39.6 Å². The molecule has 0 aliphatic rings. The molecule has 0 amide bonds. The molecule has 3 unspecified atom stereocenters. The minimum absolute atomic E-state index is 0.103. The van der Waals surface area contributed by atoms with Crippen LogP contribution in [0.2, 0.25) is 0 Å². The molecule has 19 heteroatoms. The smallest absolute Gasteiger partial charge is 0.462 e. The Balaban J connectivity index is 5.19. The Morgan fingerprint density at radius 2 is 0.658 bits per heavy atom. The summed E-state index contributed by atoms with van der Waals surface area (Å²) in [6, 6.07) is 0. The van der Waals surface area contributed by atoms with E-state index in [1.54, 1.807) is 0 Å². The van der Waals surface area contributed by atoms with E-state index in [2.05, 4.69) is 34.6 Å². The van der Waals surface area contributed by atoms with Gasteiger partial charge in [0.05, 0.1) is 26.4 Å². The van der Waals surface area contributed by atoms with Crippen molar-refractivity contribution in [2.45, 2.75) is 278 Å². The van der Waals surface area contributed by atoms with Crippen molar-refractivity contribution in [2.24, 2.45) is 5.92 Å². The molecule has 3 N–H and O–H groups in total. The molecule has 0 spiro atoms. The minimum Gasteiger partial charge on any atom is -0.462 e. The van der Waals surface area contributed by atoms with Gasteiger partial charge >= 0.3 is 39.5 Å². The van der Waals surface area contributed by atoms with E-state index in [0.29, 0.717) is 25.7 Å². The van der Waals surface area contributed by atoms with Crippen LogP contribution in [0.1, 0.15) is 259 Å². The SMILES string of the molecule is CCCCCCCCCCCCC(=O)OC[C@H](COP(=O)(O)OC[C@@H](O)COP(=O)(O)OC[C@@H](COC(=O)CCCCCCC)OC(=O)CCCCCCCCCC)OC(=O)CCCCCCCCC(C)CC. The first kappa shape index (κ1) is 71.1. The normalized spacial score (nSPS) is 14.9. The van der Waals surface area contributed by atoms with Crippen LogP contribution < -0.4 is 0 Å². The summed E-state index contributed by atoms with van der Waals surface area (Å²) in [5.74, 6) is -1.44. The number of phosphoric acid groups is 2. The van der Waals surface area contributed by atoms with Gasteiger partial charge in [-0.05, 0) is 31.6 Å². The van der Waals surface area contributed by atoms with Crippen molar-refractivity contribution in [3.05, 3.63) is 0 Å². The molecule has 0 radical (unpaired) electrons. The first-order valence-electron chi connectivity index (χ1n) is 28.7. The molecular formula is C54H104O17P2. The average molecular weight is 1090 g/mol. The Morgan fingerprint density at radius 1 is 0.384 bits per heavy atom. The van der Waals surface area contributed by atoms with Gasteiger partial charge in [-0.3, -0.25) is 37.3 Å².